The van der Waals surface area contributed by atoms with Crippen LogP contribution in [0.5, 0.6) is 0 Å². The third-order valence-electron chi connectivity index (χ3n) is 1.52. The average Bonchev–Trinajstić information content (AvgIpc) is 2.17. The lowest BCUT2D eigenvalue weighted by molar-refractivity contribution is 0.146. The molecular formula is C9H6ClF4P. The molecule has 0 aliphatic rings. The third-order valence-corrected chi connectivity index (χ3v) is 3.24. The topological polar surface area (TPSA) is 0 Å². The van der Waals surface area contributed by atoms with Crippen molar-refractivity contribution in [3.05, 3.63) is 41.4 Å². The monoisotopic (exact) mass is 256 g/mol. The van der Waals surface area contributed by atoms with Crippen LogP contribution >= 0.6 is 20.2 Å². The molecule has 1 aromatic rings. The van der Waals surface area contributed by atoms with Crippen LogP contribution in [0.3, 0.4) is 0 Å². The Morgan fingerprint density at radius 2 is 1.67 bits per heavy atom. The van der Waals surface area contributed by atoms with Crippen LogP contribution in [0.25, 0.3) is 0 Å². The smallest absolute Gasteiger partial charge is 0.195 e. The molecule has 0 aromatic heterocycles. The van der Waals surface area contributed by atoms with Crippen LogP contribution in [0.1, 0.15) is 0 Å². The van der Waals surface area contributed by atoms with Gasteiger partial charge in [0.1, 0.15) is 0 Å². The summed E-state index contributed by atoms with van der Waals surface area (Å²) in [6.45, 7) is 0. The van der Waals surface area contributed by atoms with E-state index in [9.17, 15) is 17.6 Å². The van der Waals surface area contributed by atoms with Crippen LogP contribution in [0, 0.1) is 0 Å². The van der Waals surface area contributed by atoms with Gasteiger partial charge in [-0.1, -0.05) is 41.9 Å². The fraction of sp³-hybridized carbons (Fsp3) is 0.111. The summed E-state index contributed by atoms with van der Waals surface area (Å²) in [5.74, 6) is 0. The maximum atomic E-state index is 13.1. The summed E-state index contributed by atoms with van der Waals surface area (Å²) in [6.07, 6.45) is -2.54. The van der Waals surface area contributed by atoms with Crippen molar-refractivity contribution in [3.63, 3.8) is 0 Å². The number of rotatable bonds is 3. The minimum absolute atomic E-state index is 0.280. The van der Waals surface area contributed by atoms with Crippen molar-refractivity contribution < 1.29 is 17.6 Å². The number of hydrogen-bond donors (Lipinski definition) is 0. The lowest BCUT2D eigenvalue weighted by Gasteiger charge is -2.14. The Bertz CT molecular complexity index is 360. The minimum Gasteiger partial charge on any atom is -0.195 e. The molecule has 0 saturated heterocycles. The summed E-state index contributed by atoms with van der Waals surface area (Å²) < 4.78 is 50.0. The predicted molar refractivity (Wildman–Crippen MR) is 54.4 cm³/mol. The van der Waals surface area contributed by atoms with E-state index in [1.54, 1.807) is 18.2 Å². The van der Waals surface area contributed by atoms with Crippen molar-refractivity contribution >= 4 is 25.5 Å². The summed E-state index contributed by atoms with van der Waals surface area (Å²) in [7, 11) is -1.10. The van der Waals surface area contributed by atoms with E-state index in [4.69, 9.17) is 11.6 Å². The van der Waals surface area contributed by atoms with Gasteiger partial charge in [0.25, 0.3) is 6.08 Å². The molecule has 0 aliphatic heterocycles. The number of allylic oxidation sites excluding steroid dienone is 1. The molecule has 82 valence electrons. The molecule has 0 N–H and O–H groups in total. The molecule has 0 saturated carbocycles. The van der Waals surface area contributed by atoms with E-state index >= 15 is 0 Å². The van der Waals surface area contributed by atoms with Crippen LogP contribution in [0.4, 0.5) is 17.6 Å². The second-order valence-corrected chi connectivity index (χ2v) is 4.47. The lowest BCUT2D eigenvalue weighted by Crippen LogP contribution is -2.14. The second kappa shape index (κ2) is 4.95. The number of halogens is 5. The number of benzene rings is 1. The van der Waals surface area contributed by atoms with Crippen molar-refractivity contribution in [1.29, 1.82) is 0 Å². The highest BCUT2D eigenvalue weighted by atomic mass is 35.5. The van der Waals surface area contributed by atoms with E-state index in [1.807, 2.05) is 0 Å². The van der Waals surface area contributed by atoms with Gasteiger partial charge in [0.2, 0.25) is 0 Å². The fourth-order valence-electron chi connectivity index (χ4n) is 0.876. The van der Waals surface area contributed by atoms with E-state index in [1.165, 1.54) is 12.1 Å². The minimum atomic E-state index is -3.69. The Hall–Kier alpha value is -0.600. The standard InChI is InChI=1S/C9H6ClF4P/c10-7(8(11)12)9(13,14)15-6-4-2-1-3-5-6/h1-5,15H. The van der Waals surface area contributed by atoms with Crippen molar-refractivity contribution in [2.45, 2.75) is 5.66 Å². The van der Waals surface area contributed by atoms with E-state index < -0.39 is 25.4 Å². The molecule has 0 spiro atoms. The zero-order valence-corrected chi connectivity index (χ0v) is 9.03. The first-order chi connectivity index (χ1) is 6.93. The Labute approximate surface area is 90.7 Å². The molecule has 1 unspecified atom stereocenters. The van der Waals surface area contributed by atoms with Gasteiger partial charge in [0.05, 0.1) is 0 Å². The Morgan fingerprint density at radius 3 is 2.13 bits per heavy atom. The van der Waals surface area contributed by atoms with Gasteiger partial charge in [0, 0.05) is 0 Å². The van der Waals surface area contributed by atoms with Crippen LogP contribution in [0.15, 0.2) is 41.4 Å². The molecule has 1 aromatic carbocycles. The highest BCUT2D eigenvalue weighted by Gasteiger charge is 2.37. The van der Waals surface area contributed by atoms with E-state index in [2.05, 4.69) is 0 Å². The Balaban J connectivity index is 2.87. The largest absolute Gasteiger partial charge is 0.306 e. The second-order valence-electron chi connectivity index (χ2n) is 2.64. The van der Waals surface area contributed by atoms with Crippen LogP contribution < -0.4 is 5.30 Å². The van der Waals surface area contributed by atoms with Gasteiger partial charge in [-0.25, -0.2) is 0 Å². The van der Waals surface area contributed by atoms with Crippen LogP contribution in [0.2, 0.25) is 0 Å². The van der Waals surface area contributed by atoms with Gasteiger partial charge in [-0.15, -0.1) is 0 Å². The molecule has 0 bridgehead atoms. The van der Waals surface area contributed by atoms with E-state index in [0.29, 0.717) is 0 Å². The fourth-order valence-corrected chi connectivity index (χ4v) is 1.94. The third kappa shape index (κ3) is 3.47. The molecule has 6 heteroatoms. The zero-order chi connectivity index (χ0) is 11.5. The Kier molecular flexibility index (Phi) is 4.12. The SMILES string of the molecule is FC(F)=C(Cl)C(F)(F)Pc1ccccc1. The maximum absolute atomic E-state index is 13.1. The summed E-state index contributed by atoms with van der Waals surface area (Å²) in [4.78, 5) is 0. The van der Waals surface area contributed by atoms with Gasteiger partial charge in [-0.2, -0.15) is 17.6 Å². The van der Waals surface area contributed by atoms with Crippen molar-refractivity contribution in [2.75, 3.05) is 0 Å². The Morgan fingerprint density at radius 1 is 1.13 bits per heavy atom. The van der Waals surface area contributed by atoms with Crippen LogP contribution in [-0.4, -0.2) is 5.66 Å². The normalized spacial score (nSPS) is 12.1. The van der Waals surface area contributed by atoms with Gasteiger partial charge in [-0.05, 0) is 13.9 Å². The molecule has 0 fully saturated rings. The molecular weight excluding hydrogens is 251 g/mol. The zero-order valence-electron chi connectivity index (χ0n) is 7.28. The lowest BCUT2D eigenvalue weighted by atomic mass is 10.4. The van der Waals surface area contributed by atoms with Gasteiger partial charge < -0.3 is 0 Å². The molecule has 0 amide bonds. The first-order valence-electron chi connectivity index (χ1n) is 3.86. The van der Waals surface area contributed by atoms with Crippen LogP contribution in [-0.2, 0) is 0 Å². The first-order valence-corrected chi connectivity index (χ1v) is 5.23. The van der Waals surface area contributed by atoms with Crippen molar-refractivity contribution in [3.8, 4) is 0 Å². The maximum Gasteiger partial charge on any atom is 0.306 e. The first kappa shape index (κ1) is 12.5. The van der Waals surface area contributed by atoms with Gasteiger partial charge in [-0.3, -0.25) is 0 Å². The quantitative estimate of drug-likeness (QED) is 0.568. The molecule has 0 aliphatic carbocycles. The molecule has 0 radical (unpaired) electrons. The van der Waals surface area contributed by atoms with E-state index in [0.717, 1.165) is 0 Å². The molecule has 15 heavy (non-hydrogen) atoms. The number of hydrogen-bond acceptors (Lipinski definition) is 0. The van der Waals surface area contributed by atoms with Gasteiger partial charge >= 0.3 is 5.66 Å². The molecule has 1 rings (SSSR count). The van der Waals surface area contributed by atoms with Crippen molar-refractivity contribution in [2.24, 2.45) is 0 Å². The summed E-state index contributed by atoms with van der Waals surface area (Å²) in [6, 6.07) is 7.64. The molecule has 0 nitrogen and oxygen atoms in total. The number of alkyl halides is 2. The van der Waals surface area contributed by atoms with Crippen molar-refractivity contribution in [1.82, 2.24) is 0 Å². The van der Waals surface area contributed by atoms with E-state index in [-0.39, 0.29) is 5.30 Å². The molecule has 1 atom stereocenters. The summed E-state index contributed by atoms with van der Waals surface area (Å²) >= 11 is 4.84. The van der Waals surface area contributed by atoms with Gasteiger partial charge in [0.15, 0.2) is 5.03 Å². The average molecular weight is 257 g/mol. The highest BCUT2D eigenvalue weighted by molar-refractivity contribution is 7.49. The summed E-state index contributed by atoms with van der Waals surface area (Å²) in [5, 5.41) is -1.40. The highest BCUT2D eigenvalue weighted by Crippen LogP contribution is 2.44. The predicted octanol–water partition coefficient (Wildman–Crippen LogP) is 3.93. The summed E-state index contributed by atoms with van der Waals surface area (Å²) in [5.41, 5.74) is -3.69. The molecule has 0 heterocycles.